The Balaban J connectivity index is 2.74. The first-order valence-corrected chi connectivity index (χ1v) is 6.51. The van der Waals surface area contributed by atoms with E-state index in [4.69, 9.17) is 9.47 Å². The molecule has 0 amide bonds. The van der Waals surface area contributed by atoms with Gasteiger partial charge in [0.15, 0.2) is 0 Å². The van der Waals surface area contributed by atoms with E-state index in [0.29, 0.717) is 18.9 Å². The fourth-order valence-electron chi connectivity index (χ4n) is 1.46. The lowest BCUT2D eigenvalue weighted by Crippen LogP contribution is -2.35. The second-order valence-electron chi connectivity index (χ2n) is 5.71. The molecular weight excluding hydrogens is 245 g/mol. The first kappa shape index (κ1) is 15.9. The van der Waals surface area contributed by atoms with Crippen LogP contribution >= 0.6 is 0 Å². The molecule has 0 aliphatic carbocycles. The van der Waals surface area contributed by atoms with Crippen molar-refractivity contribution in [2.45, 2.75) is 45.9 Å². The van der Waals surface area contributed by atoms with Gasteiger partial charge < -0.3 is 14.8 Å². The number of hydrogen-bond donors (Lipinski definition) is 1. The third kappa shape index (κ3) is 6.03. The molecular formula is C15H24FNO2. The minimum Gasteiger partial charge on any atom is -0.491 e. The standard InChI is InChI=1S/C15H24FNO2/c1-11(18-5)10-19-14-7-6-13(16)8-12(14)9-17-15(2,3)4/h6-8,11,17H,9-10H2,1-5H3. The smallest absolute Gasteiger partial charge is 0.124 e. The Bertz CT molecular complexity index is 402. The molecule has 0 aliphatic rings. The van der Waals surface area contributed by atoms with Gasteiger partial charge in [0, 0.05) is 24.8 Å². The van der Waals surface area contributed by atoms with Crippen molar-refractivity contribution in [3.63, 3.8) is 0 Å². The third-order valence-electron chi connectivity index (χ3n) is 2.71. The normalized spacial score (nSPS) is 13.4. The van der Waals surface area contributed by atoms with Crippen LogP contribution in [0.3, 0.4) is 0 Å². The topological polar surface area (TPSA) is 30.5 Å². The molecule has 1 aromatic carbocycles. The lowest BCUT2D eigenvalue weighted by molar-refractivity contribution is 0.0712. The van der Waals surface area contributed by atoms with Gasteiger partial charge in [-0.2, -0.15) is 0 Å². The molecule has 0 spiro atoms. The average molecular weight is 269 g/mol. The van der Waals surface area contributed by atoms with Crippen LogP contribution in [0.2, 0.25) is 0 Å². The van der Waals surface area contributed by atoms with Crippen molar-refractivity contribution in [1.29, 1.82) is 0 Å². The summed E-state index contributed by atoms with van der Waals surface area (Å²) in [4.78, 5) is 0. The van der Waals surface area contributed by atoms with Gasteiger partial charge >= 0.3 is 0 Å². The van der Waals surface area contributed by atoms with Gasteiger partial charge in [0.05, 0.1) is 6.10 Å². The summed E-state index contributed by atoms with van der Waals surface area (Å²) >= 11 is 0. The number of benzene rings is 1. The van der Waals surface area contributed by atoms with Crippen molar-refractivity contribution in [2.75, 3.05) is 13.7 Å². The molecule has 0 heterocycles. The molecule has 0 aromatic heterocycles. The van der Waals surface area contributed by atoms with Crippen LogP contribution in [0.4, 0.5) is 4.39 Å². The van der Waals surface area contributed by atoms with Gasteiger partial charge in [0.1, 0.15) is 18.2 Å². The summed E-state index contributed by atoms with van der Waals surface area (Å²) < 4.78 is 24.1. The Labute approximate surface area is 115 Å². The van der Waals surface area contributed by atoms with E-state index in [-0.39, 0.29) is 17.5 Å². The van der Waals surface area contributed by atoms with Crippen LogP contribution in [0.25, 0.3) is 0 Å². The Morgan fingerprint density at radius 2 is 2.00 bits per heavy atom. The predicted molar refractivity (Wildman–Crippen MR) is 75.0 cm³/mol. The fourth-order valence-corrected chi connectivity index (χ4v) is 1.46. The Morgan fingerprint density at radius 3 is 2.58 bits per heavy atom. The molecule has 3 nitrogen and oxygen atoms in total. The predicted octanol–water partition coefficient (Wildman–Crippen LogP) is 3.13. The van der Waals surface area contributed by atoms with Crippen LogP contribution in [-0.4, -0.2) is 25.4 Å². The number of hydrogen-bond acceptors (Lipinski definition) is 3. The molecule has 0 saturated heterocycles. The van der Waals surface area contributed by atoms with Gasteiger partial charge in [-0.3, -0.25) is 0 Å². The van der Waals surface area contributed by atoms with E-state index >= 15 is 0 Å². The van der Waals surface area contributed by atoms with Crippen LogP contribution in [0.1, 0.15) is 33.3 Å². The van der Waals surface area contributed by atoms with Crippen LogP contribution in [-0.2, 0) is 11.3 Å². The number of methoxy groups -OCH3 is 1. The van der Waals surface area contributed by atoms with E-state index in [2.05, 4.69) is 26.1 Å². The highest BCUT2D eigenvalue weighted by Gasteiger charge is 2.12. The van der Waals surface area contributed by atoms with E-state index in [0.717, 1.165) is 5.56 Å². The molecule has 1 atom stereocenters. The van der Waals surface area contributed by atoms with Gasteiger partial charge in [-0.15, -0.1) is 0 Å². The number of rotatable bonds is 6. The molecule has 4 heteroatoms. The van der Waals surface area contributed by atoms with Gasteiger partial charge in [-0.25, -0.2) is 4.39 Å². The first-order chi connectivity index (χ1) is 8.81. The first-order valence-electron chi connectivity index (χ1n) is 6.51. The van der Waals surface area contributed by atoms with Crippen LogP contribution < -0.4 is 10.1 Å². The quantitative estimate of drug-likeness (QED) is 0.860. The highest BCUT2D eigenvalue weighted by atomic mass is 19.1. The number of halogens is 1. The monoisotopic (exact) mass is 269 g/mol. The van der Waals surface area contributed by atoms with E-state index < -0.39 is 0 Å². The molecule has 19 heavy (non-hydrogen) atoms. The van der Waals surface area contributed by atoms with Crippen LogP contribution in [0.15, 0.2) is 18.2 Å². The zero-order valence-electron chi connectivity index (χ0n) is 12.4. The third-order valence-corrected chi connectivity index (χ3v) is 2.71. The van der Waals surface area contributed by atoms with E-state index in [9.17, 15) is 4.39 Å². The molecule has 1 unspecified atom stereocenters. The van der Waals surface area contributed by atoms with Crippen molar-refractivity contribution in [1.82, 2.24) is 5.32 Å². The van der Waals surface area contributed by atoms with Gasteiger partial charge in [-0.05, 0) is 45.9 Å². The van der Waals surface area contributed by atoms with Crippen LogP contribution in [0.5, 0.6) is 5.75 Å². The molecule has 0 bridgehead atoms. The average Bonchev–Trinajstić information content (AvgIpc) is 2.33. The minimum atomic E-state index is -0.252. The zero-order valence-corrected chi connectivity index (χ0v) is 12.4. The number of ether oxygens (including phenoxy) is 2. The second kappa shape index (κ2) is 6.87. The van der Waals surface area contributed by atoms with E-state index in [1.165, 1.54) is 12.1 Å². The summed E-state index contributed by atoms with van der Waals surface area (Å²) in [6.07, 6.45) is 0.00785. The van der Waals surface area contributed by atoms with Crippen LogP contribution in [0, 0.1) is 5.82 Å². The second-order valence-corrected chi connectivity index (χ2v) is 5.71. The number of nitrogens with one attached hydrogen (secondary N) is 1. The van der Waals surface area contributed by atoms with Crippen molar-refractivity contribution in [3.8, 4) is 5.75 Å². The largest absolute Gasteiger partial charge is 0.491 e. The molecule has 1 N–H and O–H groups in total. The minimum absolute atomic E-state index is 0.00785. The van der Waals surface area contributed by atoms with Crippen molar-refractivity contribution in [2.24, 2.45) is 0 Å². The highest BCUT2D eigenvalue weighted by Crippen LogP contribution is 2.21. The summed E-state index contributed by atoms with van der Waals surface area (Å²) in [7, 11) is 1.64. The fraction of sp³-hybridized carbons (Fsp3) is 0.600. The maximum atomic E-state index is 13.3. The van der Waals surface area contributed by atoms with Gasteiger partial charge in [-0.1, -0.05) is 0 Å². The lowest BCUT2D eigenvalue weighted by Gasteiger charge is -2.22. The molecule has 0 radical (unpaired) electrons. The summed E-state index contributed by atoms with van der Waals surface area (Å²) in [6, 6.07) is 4.58. The maximum absolute atomic E-state index is 13.3. The van der Waals surface area contributed by atoms with Crippen molar-refractivity contribution < 1.29 is 13.9 Å². The molecule has 1 rings (SSSR count). The molecule has 0 fully saturated rings. The maximum Gasteiger partial charge on any atom is 0.124 e. The highest BCUT2D eigenvalue weighted by molar-refractivity contribution is 5.34. The Kier molecular flexibility index (Phi) is 5.76. The molecule has 108 valence electrons. The summed E-state index contributed by atoms with van der Waals surface area (Å²) in [6.45, 7) is 9.15. The van der Waals surface area contributed by atoms with Crippen molar-refractivity contribution in [3.05, 3.63) is 29.6 Å². The molecule has 1 aromatic rings. The molecule has 0 saturated carbocycles. The Morgan fingerprint density at radius 1 is 1.32 bits per heavy atom. The van der Waals surface area contributed by atoms with Crippen molar-refractivity contribution >= 4 is 0 Å². The van der Waals surface area contributed by atoms with E-state index in [1.54, 1.807) is 13.2 Å². The SMILES string of the molecule is COC(C)COc1ccc(F)cc1CNC(C)(C)C. The zero-order chi connectivity index (χ0) is 14.5. The Hall–Kier alpha value is -1.13. The van der Waals surface area contributed by atoms with E-state index in [1.807, 2.05) is 6.92 Å². The van der Waals surface area contributed by atoms with Gasteiger partial charge in [0.2, 0.25) is 0 Å². The van der Waals surface area contributed by atoms with Gasteiger partial charge in [0.25, 0.3) is 0 Å². The lowest BCUT2D eigenvalue weighted by atomic mass is 10.1. The summed E-state index contributed by atoms with van der Waals surface area (Å²) in [5.41, 5.74) is 0.793. The summed E-state index contributed by atoms with van der Waals surface area (Å²) in [5, 5.41) is 3.33. The summed E-state index contributed by atoms with van der Waals surface area (Å²) in [5.74, 6) is 0.444. The molecule has 0 aliphatic heterocycles.